The van der Waals surface area contributed by atoms with Crippen LogP contribution in [-0.4, -0.2) is 52.2 Å². The number of ether oxygens (including phenoxy) is 1. The maximum Gasteiger partial charge on any atom is 0.164 e. The molecule has 0 N–H and O–H groups in total. The summed E-state index contributed by atoms with van der Waals surface area (Å²) in [6.07, 6.45) is 2.54. The lowest BCUT2D eigenvalue weighted by Crippen LogP contribution is -2.36. The van der Waals surface area contributed by atoms with Gasteiger partial charge in [0.05, 0.1) is 24.2 Å². The van der Waals surface area contributed by atoms with Crippen LogP contribution in [0.4, 0.5) is 0 Å². The number of carbonyl (C=O) groups excluding carboxylic acids is 1. The van der Waals surface area contributed by atoms with E-state index in [4.69, 9.17) is 14.7 Å². The Balaban J connectivity index is 1.52. The fraction of sp³-hybridized carbons (Fsp3) is 0.261. The topological polar surface area (TPSA) is 59.7 Å². The average Bonchev–Trinajstić information content (AvgIpc) is 3.12. The Bertz CT molecular complexity index is 1110. The molecule has 0 bridgehead atoms. The smallest absolute Gasteiger partial charge is 0.164 e. The van der Waals surface area contributed by atoms with E-state index in [0.29, 0.717) is 26.1 Å². The minimum absolute atomic E-state index is 0.0962. The van der Waals surface area contributed by atoms with Crippen LogP contribution in [0.1, 0.15) is 12.2 Å². The third-order valence-corrected chi connectivity index (χ3v) is 5.28. The van der Waals surface area contributed by atoms with Crippen molar-refractivity contribution in [2.75, 3.05) is 26.3 Å². The highest BCUT2D eigenvalue weighted by molar-refractivity contribution is 6.09. The molecule has 2 aromatic carbocycles. The van der Waals surface area contributed by atoms with E-state index in [-0.39, 0.29) is 5.78 Å². The molecular weight excluding hydrogens is 364 g/mol. The number of hydrogen-bond acceptors (Lipinski definition) is 5. The van der Waals surface area contributed by atoms with E-state index in [2.05, 4.69) is 27.7 Å². The van der Waals surface area contributed by atoms with Gasteiger partial charge < -0.3 is 9.64 Å². The molecule has 1 aromatic heterocycles. The number of para-hydroxylation sites is 3. The monoisotopic (exact) mass is 386 g/mol. The van der Waals surface area contributed by atoms with Crippen molar-refractivity contribution in [3.8, 4) is 5.69 Å². The molecule has 0 saturated carbocycles. The second kappa shape index (κ2) is 7.64. The molecule has 0 atom stereocenters. The third-order valence-electron chi connectivity index (χ3n) is 5.28. The zero-order valence-electron chi connectivity index (χ0n) is 16.1. The number of aromatic nitrogens is 2. The van der Waals surface area contributed by atoms with Crippen molar-refractivity contribution in [2.45, 2.75) is 12.8 Å². The molecule has 3 heterocycles. The van der Waals surface area contributed by atoms with Crippen LogP contribution in [0, 0.1) is 0 Å². The summed E-state index contributed by atoms with van der Waals surface area (Å²) < 4.78 is 7.58. The van der Waals surface area contributed by atoms with Gasteiger partial charge in [0.15, 0.2) is 5.78 Å². The molecule has 1 saturated heterocycles. The van der Waals surface area contributed by atoms with Crippen LogP contribution in [0.5, 0.6) is 0 Å². The summed E-state index contributed by atoms with van der Waals surface area (Å²) in [5.41, 5.74) is 3.91. The first-order valence-electron chi connectivity index (χ1n) is 9.93. The fourth-order valence-electron chi connectivity index (χ4n) is 3.93. The van der Waals surface area contributed by atoms with Crippen molar-refractivity contribution >= 4 is 22.5 Å². The highest BCUT2D eigenvalue weighted by Crippen LogP contribution is 2.24. The van der Waals surface area contributed by atoms with Crippen LogP contribution in [0.25, 0.3) is 16.7 Å². The predicted octanol–water partition coefficient (Wildman–Crippen LogP) is 3.16. The Kier molecular flexibility index (Phi) is 4.69. The van der Waals surface area contributed by atoms with Crippen LogP contribution < -0.4 is 0 Å². The minimum atomic E-state index is 0.0962. The lowest BCUT2D eigenvalue weighted by molar-refractivity contribution is -0.113. The first-order valence-corrected chi connectivity index (χ1v) is 9.93. The summed E-state index contributed by atoms with van der Waals surface area (Å²) in [6.45, 7) is 2.86. The molecule has 2 aliphatic rings. The molecule has 6 heteroatoms. The van der Waals surface area contributed by atoms with E-state index >= 15 is 0 Å². The molecule has 146 valence electrons. The molecule has 5 rings (SSSR count). The normalized spacial score (nSPS) is 17.4. The number of ketones is 1. The molecule has 0 aliphatic carbocycles. The number of hydrogen-bond donors (Lipinski definition) is 0. The van der Waals surface area contributed by atoms with Gasteiger partial charge in [-0.3, -0.25) is 9.36 Å². The number of fused-ring (bicyclic) bond motifs is 1. The summed E-state index contributed by atoms with van der Waals surface area (Å²) in [5.74, 6) is 1.74. The SMILES string of the molecule is O=C1C=C(N2CCOCC2)N=C(Cc2nc3ccccc3n2-c2ccccc2)C1. The molecule has 1 fully saturated rings. The first-order chi connectivity index (χ1) is 14.3. The van der Waals surface area contributed by atoms with Gasteiger partial charge in [0.25, 0.3) is 0 Å². The maximum atomic E-state index is 12.4. The molecule has 3 aromatic rings. The van der Waals surface area contributed by atoms with Crippen molar-refractivity contribution in [3.63, 3.8) is 0 Å². The summed E-state index contributed by atoms with van der Waals surface area (Å²) in [4.78, 5) is 24.2. The van der Waals surface area contributed by atoms with Gasteiger partial charge in [0.2, 0.25) is 0 Å². The van der Waals surface area contributed by atoms with Gasteiger partial charge >= 0.3 is 0 Å². The minimum Gasteiger partial charge on any atom is -0.378 e. The van der Waals surface area contributed by atoms with Crippen molar-refractivity contribution in [3.05, 3.63) is 72.3 Å². The van der Waals surface area contributed by atoms with Gasteiger partial charge in [-0.2, -0.15) is 0 Å². The van der Waals surface area contributed by atoms with Crippen molar-refractivity contribution < 1.29 is 9.53 Å². The van der Waals surface area contributed by atoms with Crippen LogP contribution >= 0.6 is 0 Å². The Morgan fingerprint density at radius 2 is 1.72 bits per heavy atom. The summed E-state index contributed by atoms with van der Waals surface area (Å²) in [6, 6.07) is 18.3. The second-order valence-corrected chi connectivity index (χ2v) is 7.29. The Morgan fingerprint density at radius 1 is 0.966 bits per heavy atom. The first kappa shape index (κ1) is 17.8. The molecular formula is C23H22N4O2. The Labute approximate surface area is 169 Å². The maximum absolute atomic E-state index is 12.4. The van der Waals surface area contributed by atoms with Gasteiger partial charge in [0, 0.05) is 43.4 Å². The van der Waals surface area contributed by atoms with E-state index in [1.165, 1.54) is 0 Å². The molecule has 6 nitrogen and oxygen atoms in total. The van der Waals surface area contributed by atoms with E-state index in [1.54, 1.807) is 6.08 Å². The van der Waals surface area contributed by atoms with Crippen molar-refractivity contribution in [1.82, 2.24) is 14.5 Å². The van der Waals surface area contributed by atoms with Crippen molar-refractivity contribution in [2.24, 2.45) is 4.99 Å². The molecule has 0 radical (unpaired) electrons. The van der Waals surface area contributed by atoms with Gasteiger partial charge in [-0.25, -0.2) is 9.98 Å². The van der Waals surface area contributed by atoms with Crippen LogP contribution in [0.15, 0.2) is 71.5 Å². The Hall–Kier alpha value is -3.25. The number of allylic oxidation sites excluding steroid dienone is 1. The number of nitrogens with zero attached hydrogens (tertiary/aromatic N) is 4. The highest BCUT2D eigenvalue weighted by Gasteiger charge is 2.22. The summed E-state index contributed by atoms with van der Waals surface area (Å²) in [7, 11) is 0. The molecule has 0 amide bonds. The van der Waals surface area contributed by atoms with E-state index in [9.17, 15) is 4.79 Å². The lowest BCUT2D eigenvalue weighted by atomic mass is 10.1. The second-order valence-electron chi connectivity index (χ2n) is 7.29. The average molecular weight is 386 g/mol. The standard InChI is InChI=1S/C23H22N4O2/c28-19-14-17(24-22(16-19)26-10-12-29-13-11-26)15-23-25-20-8-4-5-9-21(20)27(23)18-6-2-1-3-7-18/h1-9,16H,10-15H2. The number of carbonyl (C=O) groups is 1. The number of morpholine rings is 1. The molecule has 29 heavy (non-hydrogen) atoms. The lowest BCUT2D eigenvalue weighted by Gasteiger charge is -2.30. The van der Waals surface area contributed by atoms with Crippen LogP contribution in [0.2, 0.25) is 0 Å². The zero-order valence-corrected chi connectivity index (χ0v) is 16.1. The largest absolute Gasteiger partial charge is 0.378 e. The number of benzene rings is 2. The summed E-state index contributed by atoms with van der Waals surface area (Å²) >= 11 is 0. The fourth-order valence-corrected chi connectivity index (χ4v) is 3.93. The number of rotatable bonds is 4. The van der Waals surface area contributed by atoms with Gasteiger partial charge in [-0.15, -0.1) is 0 Å². The van der Waals surface area contributed by atoms with Crippen LogP contribution in [-0.2, 0) is 16.0 Å². The highest BCUT2D eigenvalue weighted by atomic mass is 16.5. The quantitative estimate of drug-likeness (QED) is 0.691. The third kappa shape index (κ3) is 3.59. The zero-order chi connectivity index (χ0) is 19.6. The van der Waals surface area contributed by atoms with Gasteiger partial charge in [-0.1, -0.05) is 30.3 Å². The van der Waals surface area contributed by atoms with Gasteiger partial charge in [0.1, 0.15) is 11.6 Å². The van der Waals surface area contributed by atoms with E-state index in [1.807, 2.05) is 36.4 Å². The van der Waals surface area contributed by atoms with E-state index in [0.717, 1.165) is 47.2 Å². The van der Waals surface area contributed by atoms with Crippen LogP contribution in [0.3, 0.4) is 0 Å². The molecule has 0 spiro atoms. The van der Waals surface area contributed by atoms with Crippen molar-refractivity contribution in [1.29, 1.82) is 0 Å². The summed E-state index contributed by atoms with van der Waals surface area (Å²) in [5, 5.41) is 0. The molecule has 0 unspecified atom stereocenters. The number of imidazole rings is 1. The Morgan fingerprint density at radius 3 is 2.55 bits per heavy atom. The van der Waals surface area contributed by atoms with Gasteiger partial charge in [-0.05, 0) is 24.3 Å². The number of aliphatic imine (C=N–C) groups is 1. The predicted molar refractivity (Wildman–Crippen MR) is 112 cm³/mol. The van der Waals surface area contributed by atoms with E-state index < -0.39 is 0 Å². The molecule has 2 aliphatic heterocycles.